The summed E-state index contributed by atoms with van der Waals surface area (Å²) in [6.07, 6.45) is 6.37. The summed E-state index contributed by atoms with van der Waals surface area (Å²) >= 11 is 0. The fourth-order valence-electron chi connectivity index (χ4n) is 7.30. The van der Waals surface area contributed by atoms with E-state index in [9.17, 15) is 0 Å². The lowest BCUT2D eigenvalue weighted by molar-refractivity contribution is 1.10. The Kier molecular flexibility index (Phi) is 4.68. The number of nitrogens with zero attached hydrogens (tertiary/aromatic N) is 2. The molecule has 0 radical (unpaired) electrons. The molecule has 42 heavy (non-hydrogen) atoms. The SMILES string of the molecule is C=Cc1c(/C=C\C)c2c3ccc4c5c(cc6c4c3c(cc2n1-c1ccccc1)n6-c1ccccc1)[nH]c1ccccc15. The van der Waals surface area contributed by atoms with Crippen molar-refractivity contribution in [3.63, 3.8) is 0 Å². The first-order valence-corrected chi connectivity index (χ1v) is 14.5. The Morgan fingerprint density at radius 1 is 0.571 bits per heavy atom. The number of allylic oxidation sites excluding steroid dienone is 1. The van der Waals surface area contributed by atoms with Crippen LogP contribution in [0.5, 0.6) is 0 Å². The van der Waals surface area contributed by atoms with Gasteiger partial charge in [-0.15, -0.1) is 0 Å². The zero-order valence-corrected chi connectivity index (χ0v) is 23.2. The van der Waals surface area contributed by atoms with E-state index in [1.165, 1.54) is 65.3 Å². The second-order valence-electron chi connectivity index (χ2n) is 11.0. The van der Waals surface area contributed by atoms with Crippen molar-refractivity contribution in [2.24, 2.45) is 0 Å². The van der Waals surface area contributed by atoms with E-state index in [1.54, 1.807) is 0 Å². The zero-order chi connectivity index (χ0) is 27.9. The van der Waals surface area contributed by atoms with Gasteiger partial charge in [0.05, 0.1) is 22.2 Å². The summed E-state index contributed by atoms with van der Waals surface area (Å²) in [5.74, 6) is 0. The van der Waals surface area contributed by atoms with Crippen LogP contribution in [0.15, 0.2) is 122 Å². The summed E-state index contributed by atoms with van der Waals surface area (Å²) in [6, 6.07) is 39.4. The van der Waals surface area contributed by atoms with Crippen molar-refractivity contribution in [3.8, 4) is 11.4 Å². The Bertz CT molecular complexity index is 2520. The smallest absolute Gasteiger partial charge is 0.0568 e. The minimum absolute atomic E-state index is 1.10. The monoisotopic (exact) mass is 537 g/mol. The average molecular weight is 538 g/mol. The van der Waals surface area contributed by atoms with Gasteiger partial charge in [0.15, 0.2) is 0 Å². The summed E-state index contributed by atoms with van der Waals surface area (Å²) < 4.78 is 4.81. The number of hydrogen-bond donors (Lipinski definition) is 1. The van der Waals surface area contributed by atoms with E-state index < -0.39 is 0 Å². The first-order chi connectivity index (χ1) is 20.8. The first kappa shape index (κ1) is 23.2. The van der Waals surface area contributed by atoms with Gasteiger partial charge in [0.1, 0.15) is 0 Å². The topological polar surface area (TPSA) is 25.6 Å². The highest BCUT2D eigenvalue weighted by Crippen LogP contribution is 2.47. The van der Waals surface area contributed by atoms with Crippen LogP contribution in [0.3, 0.4) is 0 Å². The van der Waals surface area contributed by atoms with E-state index in [0.717, 1.165) is 22.6 Å². The highest BCUT2D eigenvalue weighted by atomic mass is 15.0. The molecule has 3 aromatic heterocycles. The maximum atomic E-state index is 4.27. The molecule has 6 aromatic carbocycles. The van der Waals surface area contributed by atoms with Crippen LogP contribution in [0.2, 0.25) is 0 Å². The molecule has 3 heterocycles. The molecule has 0 aliphatic heterocycles. The van der Waals surface area contributed by atoms with Crippen molar-refractivity contribution in [2.75, 3.05) is 0 Å². The summed E-state index contributed by atoms with van der Waals surface area (Å²) in [7, 11) is 0. The zero-order valence-electron chi connectivity index (χ0n) is 23.2. The van der Waals surface area contributed by atoms with Gasteiger partial charge in [-0.25, -0.2) is 0 Å². The van der Waals surface area contributed by atoms with E-state index in [4.69, 9.17) is 0 Å². The quantitative estimate of drug-likeness (QED) is 0.216. The fraction of sp³-hybridized carbons (Fsp3) is 0.0256. The van der Waals surface area contributed by atoms with E-state index in [1.807, 2.05) is 6.08 Å². The van der Waals surface area contributed by atoms with Gasteiger partial charge in [0, 0.05) is 54.9 Å². The van der Waals surface area contributed by atoms with Crippen LogP contribution in [0, 0.1) is 0 Å². The van der Waals surface area contributed by atoms with Gasteiger partial charge in [-0.1, -0.05) is 85.5 Å². The third-order valence-corrected chi connectivity index (χ3v) is 8.87. The third kappa shape index (κ3) is 2.89. The lowest BCUT2D eigenvalue weighted by Gasteiger charge is -2.11. The second-order valence-corrected chi connectivity index (χ2v) is 11.0. The normalized spacial score (nSPS) is 12.4. The van der Waals surface area contributed by atoms with Crippen molar-refractivity contribution in [1.82, 2.24) is 14.1 Å². The van der Waals surface area contributed by atoms with Crippen LogP contribution >= 0.6 is 0 Å². The van der Waals surface area contributed by atoms with Gasteiger partial charge in [0.2, 0.25) is 0 Å². The summed E-state index contributed by atoms with van der Waals surface area (Å²) in [5.41, 5.74) is 10.5. The standard InChI is InChI=1S/C39H27N3/c1-3-13-27-32(4-2)41(24-14-7-5-8-15-24)34-23-35-39-29(37(27)34)21-20-28-36-26-18-11-12-19-30(26)40-31(36)22-33(38(28)39)42(35)25-16-9-6-10-17-25/h3-23,40H,2H2,1H3/b13-3-. The van der Waals surface area contributed by atoms with E-state index >= 15 is 0 Å². The highest BCUT2D eigenvalue weighted by molar-refractivity contribution is 6.36. The van der Waals surface area contributed by atoms with E-state index in [-0.39, 0.29) is 0 Å². The minimum atomic E-state index is 1.10. The van der Waals surface area contributed by atoms with Crippen molar-refractivity contribution >= 4 is 77.4 Å². The minimum Gasteiger partial charge on any atom is -0.354 e. The number of nitrogens with one attached hydrogen (secondary N) is 1. The summed E-state index contributed by atoms with van der Waals surface area (Å²) in [5, 5.41) is 8.97. The highest BCUT2D eigenvalue weighted by Gasteiger charge is 2.25. The van der Waals surface area contributed by atoms with E-state index in [2.05, 4.69) is 149 Å². The second kappa shape index (κ2) is 8.48. The molecule has 3 nitrogen and oxygen atoms in total. The number of rotatable bonds is 4. The van der Waals surface area contributed by atoms with Gasteiger partial charge in [0.25, 0.3) is 0 Å². The Hall–Kier alpha value is -5.54. The molecule has 198 valence electrons. The number of aromatic nitrogens is 3. The van der Waals surface area contributed by atoms with Crippen LogP contribution < -0.4 is 0 Å². The molecular formula is C39H27N3. The van der Waals surface area contributed by atoms with Gasteiger partial charge < -0.3 is 14.1 Å². The van der Waals surface area contributed by atoms with Crippen molar-refractivity contribution in [3.05, 3.63) is 133 Å². The Morgan fingerprint density at radius 3 is 1.86 bits per heavy atom. The summed E-state index contributed by atoms with van der Waals surface area (Å²) in [6.45, 7) is 6.36. The molecular weight excluding hydrogens is 510 g/mol. The fourth-order valence-corrected chi connectivity index (χ4v) is 7.30. The molecule has 0 bridgehead atoms. The molecule has 0 amide bonds. The van der Waals surface area contributed by atoms with Crippen LogP contribution in [0.4, 0.5) is 0 Å². The van der Waals surface area contributed by atoms with Gasteiger partial charge in [-0.05, 0) is 66.2 Å². The van der Waals surface area contributed by atoms with E-state index in [0.29, 0.717) is 0 Å². The average Bonchev–Trinajstić information content (AvgIpc) is 3.68. The molecule has 0 spiro atoms. The predicted molar refractivity (Wildman–Crippen MR) is 180 cm³/mol. The number of benzene rings is 6. The molecule has 0 atom stereocenters. The molecule has 9 aromatic rings. The van der Waals surface area contributed by atoms with Crippen LogP contribution in [0.1, 0.15) is 18.2 Å². The maximum Gasteiger partial charge on any atom is 0.0568 e. The van der Waals surface area contributed by atoms with Crippen molar-refractivity contribution < 1.29 is 0 Å². The lowest BCUT2D eigenvalue weighted by atomic mass is 9.95. The number of hydrogen-bond acceptors (Lipinski definition) is 0. The molecule has 0 saturated carbocycles. The van der Waals surface area contributed by atoms with Gasteiger partial charge in [-0.3, -0.25) is 0 Å². The van der Waals surface area contributed by atoms with Gasteiger partial charge >= 0.3 is 0 Å². The van der Waals surface area contributed by atoms with Crippen LogP contribution in [-0.4, -0.2) is 14.1 Å². The molecule has 3 heteroatoms. The molecule has 0 saturated heterocycles. The number of H-pyrrole nitrogens is 1. The predicted octanol–water partition coefficient (Wildman–Crippen LogP) is 10.6. The molecule has 0 aliphatic carbocycles. The molecule has 0 unspecified atom stereocenters. The van der Waals surface area contributed by atoms with Crippen LogP contribution in [0.25, 0.3) is 88.8 Å². The largest absolute Gasteiger partial charge is 0.354 e. The van der Waals surface area contributed by atoms with Crippen molar-refractivity contribution in [1.29, 1.82) is 0 Å². The summed E-state index contributed by atoms with van der Waals surface area (Å²) in [4.78, 5) is 3.72. The third-order valence-electron chi connectivity index (χ3n) is 8.87. The maximum absolute atomic E-state index is 4.27. The molecule has 9 rings (SSSR count). The molecule has 0 aliphatic rings. The van der Waals surface area contributed by atoms with Crippen molar-refractivity contribution in [2.45, 2.75) is 6.92 Å². The molecule has 1 N–H and O–H groups in total. The van der Waals surface area contributed by atoms with Crippen LogP contribution in [-0.2, 0) is 0 Å². The number of para-hydroxylation sites is 3. The van der Waals surface area contributed by atoms with Gasteiger partial charge in [-0.2, -0.15) is 0 Å². The Labute approximate surface area is 242 Å². The molecule has 0 fully saturated rings. The number of fused-ring (bicyclic) bond motifs is 6. The lowest BCUT2D eigenvalue weighted by Crippen LogP contribution is -1.97. The Balaban J connectivity index is 1.58. The Morgan fingerprint density at radius 2 is 1.17 bits per heavy atom. The first-order valence-electron chi connectivity index (χ1n) is 14.5. The number of aromatic amines is 1.